The maximum absolute atomic E-state index is 2.41. The van der Waals surface area contributed by atoms with Gasteiger partial charge >= 0.3 is 0 Å². The molecule has 61 valence electrons. The Morgan fingerprint density at radius 2 is 1.45 bits per heavy atom. The van der Waals surface area contributed by atoms with E-state index in [1.807, 2.05) is 0 Å². The lowest BCUT2D eigenvalue weighted by atomic mass is 10.1. The molecule has 1 aliphatic rings. The van der Waals surface area contributed by atoms with Crippen LogP contribution in [0.3, 0.4) is 0 Å². The molecule has 0 aliphatic heterocycles. The quantitative estimate of drug-likeness (QED) is 0.461. The summed E-state index contributed by atoms with van der Waals surface area (Å²) >= 11 is 0. The van der Waals surface area contributed by atoms with Gasteiger partial charge in [-0.25, -0.2) is 0 Å². The van der Waals surface area contributed by atoms with Crippen molar-refractivity contribution in [2.45, 2.75) is 38.5 Å². The van der Waals surface area contributed by atoms with Crippen LogP contribution in [0.1, 0.15) is 38.5 Å². The van der Waals surface area contributed by atoms with E-state index in [-0.39, 0.29) is 0 Å². The Morgan fingerprint density at radius 1 is 0.636 bits per heavy atom. The average molecular weight is 149 g/mol. The van der Waals surface area contributed by atoms with Crippen LogP contribution in [0.2, 0.25) is 0 Å². The highest BCUT2D eigenvalue weighted by molar-refractivity contribution is 4.94. The van der Waals surface area contributed by atoms with E-state index in [0.29, 0.717) is 0 Å². The van der Waals surface area contributed by atoms with Crippen molar-refractivity contribution in [1.82, 2.24) is 0 Å². The monoisotopic (exact) mass is 149 g/mol. The first-order valence-electron chi connectivity index (χ1n) is 4.62. The van der Waals surface area contributed by atoms with Crippen molar-refractivity contribution in [2.24, 2.45) is 0 Å². The Bertz CT molecular complexity index is 115. The summed E-state index contributed by atoms with van der Waals surface area (Å²) in [5, 5.41) is 0. The SMILES string of the molecule is [CH]1CCC=CCC=CCCC1. The molecular formula is C11H17. The predicted molar refractivity (Wildman–Crippen MR) is 50.3 cm³/mol. The highest BCUT2D eigenvalue weighted by Crippen LogP contribution is 2.07. The van der Waals surface area contributed by atoms with Crippen LogP contribution in [0.5, 0.6) is 0 Å². The molecule has 0 nitrogen and oxygen atoms in total. The van der Waals surface area contributed by atoms with E-state index in [9.17, 15) is 0 Å². The lowest BCUT2D eigenvalue weighted by Crippen LogP contribution is -1.76. The van der Waals surface area contributed by atoms with Gasteiger partial charge in [0.05, 0.1) is 0 Å². The third-order valence-electron chi connectivity index (χ3n) is 1.92. The normalized spacial score (nSPS) is 21.1. The summed E-state index contributed by atoms with van der Waals surface area (Å²) < 4.78 is 0. The third-order valence-corrected chi connectivity index (χ3v) is 1.92. The molecule has 0 aromatic rings. The summed E-state index contributed by atoms with van der Waals surface area (Å²) in [5.41, 5.74) is 0. The molecule has 0 aromatic carbocycles. The summed E-state index contributed by atoms with van der Waals surface area (Å²) in [7, 11) is 0. The van der Waals surface area contributed by atoms with Crippen LogP contribution >= 0.6 is 0 Å². The molecule has 0 saturated heterocycles. The maximum atomic E-state index is 2.41. The van der Waals surface area contributed by atoms with Crippen molar-refractivity contribution >= 4 is 0 Å². The van der Waals surface area contributed by atoms with Crippen LogP contribution in [-0.2, 0) is 0 Å². The predicted octanol–water partition coefficient (Wildman–Crippen LogP) is 3.66. The number of allylic oxidation sites excluding steroid dienone is 4. The molecule has 0 spiro atoms. The van der Waals surface area contributed by atoms with Crippen LogP contribution in [0, 0.1) is 6.42 Å². The van der Waals surface area contributed by atoms with Gasteiger partial charge in [-0.2, -0.15) is 0 Å². The fraction of sp³-hybridized carbons (Fsp3) is 0.545. The summed E-state index contributed by atoms with van der Waals surface area (Å²) in [6, 6.07) is 0. The fourth-order valence-corrected chi connectivity index (χ4v) is 1.25. The Balaban J connectivity index is 2.22. The van der Waals surface area contributed by atoms with E-state index in [0.717, 1.165) is 6.42 Å². The van der Waals surface area contributed by atoms with E-state index in [4.69, 9.17) is 0 Å². The second-order valence-electron chi connectivity index (χ2n) is 2.98. The van der Waals surface area contributed by atoms with Gasteiger partial charge in [0.1, 0.15) is 0 Å². The molecule has 1 rings (SSSR count). The zero-order valence-corrected chi connectivity index (χ0v) is 7.13. The van der Waals surface area contributed by atoms with E-state index in [1.54, 1.807) is 0 Å². The van der Waals surface area contributed by atoms with Crippen molar-refractivity contribution in [1.29, 1.82) is 0 Å². The molecule has 1 radical (unpaired) electrons. The Morgan fingerprint density at radius 3 is 2.36 bits per heavy atom. The van der Waals surface area contributed by atoms with E-state index in [1.165, 1.54) is 32.1 Å². The minimum atomic E-state index is 1.12. The molecule has 0 heteroatoms. The molecular weight excluding hydrogens is 132 g/mol. The van der Waals surface area contributed by atoms with Gasteiger partial charge in [-0.05, 0) is 44.9 Å². The molecule has 1 aliphatic carbocycles. The number of rotatable bonds is 0. The third kappa shape index (κ3) is 4.83. The molecule has 0 N–H and O–H groups in total. The number of hydrogen-bond donors (Lipinski definition) is 0. The first-order valence-corrected chi connectivity index (χ1v) is 4.62. The average Bonchev–Trinajstić information content (AvgIpc) is 2.08. The molecule has 0 heterocycles. The second-order valence-corrected chi connectivity index (χ2v) is 2.98. The van der Waals surface area contributed by atoms with Gasteiger partial charge in [0.2, 0.25) is 0 Å². The van der Waals surface area contributed by atoms with Crippen LogP contribution < -0.4 is 0 Å². The van der Waals surface area contributed by atoms with Gasteiger partial charge in [-0.1, -0.05) is 24.3 Å². The minimum Gasteiger partial charge on any atom is -0.0882 e. The molecule has 0 atom stereocenters. The largest absolute Gasteiger partial charge is 0.0882 e. The van der Waals surface area contributed by atoms with Gasteiger partial charge < -0.3 is 0 Å². The van der Waals surface area contributed by atoms with E-state index >= 15 is 0 Å². The highest BCUT2D eigenvalue weighted by atomic mass is 13.9. The first kappa shape index (κ1) is 8.58. The molecule has 11 heavy (non-hydrogen) atoms. The van der Waals surface area contributed by atoms with E-state index < -0.39 is 0 Å². The molecule has 0 bridgehead atoms. The zero-order chi connectivity index (χ0) is 7.78. The first-order chi connectivity index (χ1) is 5.50. The maximum Gasteiger partial charge on any atom is -0.0169 e. The smallest absolute Gasteiger partial charge is 0.0169 e. The van der Waals surface area contributed by atoms with Gasteiger partial charge in [-0.15, -0.1) is 0 Å². The lowest BCUT2D eigenvalue weighted by Gasteiger charge is -1.94. The van der Waals surface area contributed by atoms with Crippen molar-refractivity contribution in [3.8, 4) is 0 Å². The van der Waals surface area contributed by atoms with Gasteiger partial charge in [0, 0.05) is 0 Å². The van der Waals surface area contributed by atoms with Gasteiger partial charge in [-0.3, -0.25) is 0 Å². The lowest BCUT2D eigenvalue weighted by molar-refractivity contribution is 0.780. The standard InChI is InChI=1S/C11H17/c1-2-4-6-8-10-11-9-7-5-3-1/h1-2,5,7-8H,3-4,6,9-11H2. The minimum absolute atomic E-state index is 1.12. The molecule has 0 fully saturated rings. The van der Waals surface area contributed by atoms with Crippen LogP contribution in [0.25, 0.3) is 0 Å². The number of hydrogen-bond acceptors (Lipinski definition) is 0. The zero-order valence-electron chi connectivity index (χ0n) is 7.13. The molecule has 0 unspecified atom stereocenters. The van der Waals surface area contributed by atoms with E-state index in [2.05, 4.69) is 30.7 Å². The van der Waals surface area contributed by atoms with Gasteiger partial charge in [0.15, 0.2) is 0 Å². The fourth-order valence-electron chi connectivity index (χ4n) is 1.25. The van der Waals surface area contributed by atoms with Crippen molar-refractivity contribution in [2.75, 3.05) is 0 Å². The molecule has 0 saturated carbocycles. The van der Waals surface area contributed by atoms with Crippen molar-refractivity contribution < 1.29 is 0 Å². The summed E-state index contributed by atoms with van der Waals surface area (Å²) in [5.74, 6) is 0. The van der Waals surface area contributed by atoms with Crippen LogP contribution in [0.4, 0.5) is 0 Å². The van der Waals surface area contributed by atoms with Gasteiger partial charge in [0.25, 0.3) is 0 Å². The van der Waals surface area contributed by atoms with Crippen LogP contribution in [0.15, 0.2) is 24.3 Å². The summed E-state index contributed by atoms with van der Waals surface area (Å²) in [6.07, 6.45) is 19.0. The Kier molecular flexibility index (Phi) is 4.84. The summed E-state index contributed by atoms with van der Waals surface area (Å²) in [6.45, 7) is 0. The Hall–Kier alpha value is -0.520. The van der Waals surface area contributed by atoms with Crippen molar-refractivity contribution in [3.05, 3.63) is 30.7 Å². The Labute approximate surface area is 70.0 Å². The summed E-state index contributed by atoms with van der Waals surface area (Å²) in [4.78, 5) is 0. The molecule has 0 aromatic heterocycles. The highest BCUT2D eigenvalue weighted by Gasteiger charge is 1.88. The second kappa shape index (κ2) is 6.21. The van der Waals surface area contributed by atoms with Crippen LogP contribution in [-0.4, -0.2) is 0 Å². The molecule has 0 amide bonds. The topological polar surface area (TPSA) is 0 Å². The van der Waals surface area contributed by atoms with Crippen molar-refractivity contribution in [3.63, 3.8) is 0 Å².